The van der Waals surface area contributed by atoms with Crippen LogP contribution in [0.3, 0.4) is 0 Å². The van der Waals surface area contributed by atoms with E-state index in [0.717, 1.165) is 19.3 Å². The van der Waals surface area contributed by atoms with Gasteiger partial charge in [0.2, 0.25) is 29.4 Å². The number of hydrogen-bond acceptors (Lipinski definition) is 8. The van der Waals surface area contributed by atoms with Gasteiger partial charge >= 0.3 is 6.18 Å². The van der Waals surface area contributed by atoms with Crippen LogP contribution in [-0.4, -0.2) is 97.0 Å². The third-order valence-corrected chi connectivity index (χ3v) is 9.33. The summed E-state index contributed by atoms with van der Waals surface area (Å²) < 4.78 is 39.9. The molecule has 1 aromatic rings. The van der Waals surface area contributed by atoms with Crippen LogP contribution in [0.25, 0.3) is 0 Å². The summed E-state index contributed by atoms with van der Waals surface area (Å²) in [6.07, 6.45) is -2.29. The van der Waals surface area contributed by atoms with E-state index in [0.29, 0.717) is 24.8 Å². The normalized spacial score (nSPS) is 18.3. The lowest BCUT2D eigenvalue weighted by molar-refractivity contribution is -0.147. The Morgan fingerprint density at radius 3 is 2.09 bits per heavy atom. The van der Waals surface area contributed by atoms with Gasteiger partial charge in [0.25, 0.3) is 5.91 Å². The lowest BCUT2D eigenvalue weighted by Crippen LogP contribution is -2.58. The summed E-state index contributed by atoms with van der Waals surface area (Å²) in [5, 5.41) is 12.4. The Labute approximate surface area is 308 Å². The topological polar surface area (TPSA) is 183 Å². The molecule has 2 aliphatic rings. The van der Waals surface area contributed by atoms with Gasteiger partial charge in [-0.1, -0.05) is 70.4 Å². The number of likely N-dealkylation sites (tertiary alicyclic amines) is 1. The monoisotopic (exact) mass is 750 g/mol. The summed E-state index contributed by atoms with van der Waals surface area (Å²) >= 11 is 0. The number of alkyl halides is 3. The van der Waals surface area contributed by atoms with Crippen molar-refractivity contribution in [2.75, 3.05) is 26.7 Å². The molecule has 1 aliphatic carbocycles. The van der Waals surface area contributed by atoms with Crippen LogP contribution in [0.1, 0.15) is 96.6 Å². The number of nitrogens with one attached hydrogen (secondary N) is 5. The third kappa shape index (κ3) is 13.9. The zero-order chi connectivity index (χ0) is 39.3. The van der Waals surface area contributed by atoms with Crippen molar-refractivity contribution in [3.8, 4) is 0 Å². The van der Waals surface area contributed by atoms with E-state index in [9.17, 15) is 46.7 Å². The first-order valence-electron chi connectivity index (χ1n) is 18.2. The van der Waals surface area contributed by atoms with Crippen molar-refractivity contribution in [1.29, 1.82) is 0 Å². The molecular formula is C37H53F3N6O7. The molecule has 1 heterocycles. The van der Waals surface area contributed by atoms with Crippen LogP contribution in [0.2, 0.25) is 0 Å². The Kier molecular flexibility index (Phi) is 16.0. The molecule has 5 amide bonds. The highest BCUT2D eigenvalue weighted by molar-refractivity contribution is 6.38. The smallest absolute Gasteiger partial charge is 0.344 e. The number of ketones is 2. The number of nitrogens with zero attached hydrogens (tertiary/aromatic N) is 1. The third-order valence-electron chi connectivity index (χ3n) is 9.33. The van der Waals surface area contributed by atoms with E-state index in [1.165, 1.54) is 4.90 Å². The van der Waals surface area contributed by atoms with E-state index >= 15 is 0 Å². The van der Waals surface area contributed by atoms with Gasteiger partial charge in [0.05, 0.1) is 19.1 Å². The number of halogens is 3. The summed E-state index contributed by atoms with van der Waals surface area (Å²) in [5.41, 5.74) is 0.125. The Morgan fingerprint density at radius 2 is 1.49 bits per heavy atom. The molecule has 1 saturated heterocycles. The predicted molar refractivity (Wildman–Crippen MR) is 189 cm³/mol. The highest BCUT2D eigenvalue weighted by Crippen LogP contribution is 2.30. The van der Waals surface area contributed by atoms with Crippen molar-refractivity contribution in [3.05, 3.63) is 35.9 Å². The number of hydrogen-bond donors (Lipinski definition) is 5. The van der Waals surface area contributed by atoms with Crippen LogP contribution in [0.15, 0.2) is 30.3 Å². The fourth-order valence-corrected chi connectivity index (χ4v) is 6.77. The molecular weight excluding hydrogens is 697 g/mol. The highest BCUT2D eigenvalue weighted by Gasteiger charge is 2.42. The van der Waals surface area contributed by atoms with E-state index in [1.54, 1.807) is 37.4 Å². The zero-order valence-electron chi connectivity index (χ0n) is 30.9. The number of amides is 5. The van der Waals surface area contributed by atoms with Crippen molar-refractivity contribution in [2.24, 2.45) is 11.3 Å². The molecule has 294 valence electrons. The van der Waals surface area contributed by atoms with E-state index in [-0.39, 0.29) is 49.0 Å². The molecule has 2 fully saturated rings. The number of Topliss-reactive ketones (excluding diaryl/α,β-unsaturated/α-hetero) is 2. The molecule has 0 bridgehead atoms. The van der Waals surface area contributed by atoms with Crippen molar-refractivity contribution >= 4 is 41.1 Å². The van der Waals surface area contributed by atoms with Crippen LogP contribution < -0.4 is 26.6 Å². The van der Waals surface area contributed by atoms with Crippen molar-refractivity contribution in [2.45, 2.75) is 115 Å². The van der Waals surface area contributed by atoms with Crippen LogP contribution in [-0.2, 0) is 33.6 Å². The molecule has 0 radical (unpaired) electrons. The van der Waals surface area contributed by atoms with Crippen LogP contribution in [0.5, 0.6) is 0 Å². The van der Waals surface area contributed by atoms with Gasteiger partial charge in [0.15, 0.2) is 5.78 Å². The summed E-state index contributed by atoms with van der Waals surface area (Å²) in [4.78, 5) is 93.4. The first kappa shape index (κ1) is 43.1. The van der Waals surface area contributed by atoms with E-state index in [4.69, 9.17) is 0 Å². The van der Waals surface area contributed by atoms with Crippen molar-refractivity contribution in [1.82, 2.24) is 31.5 Å². The van der Waals surface area contributed by atoms with Crippen LogP contribution in [0.4, 0.5) is 13.2 Å². The molecule has 1 aliphatic heterocycles. The first-order chi connectivity index (χ1) is 24.9. The molecule has 4 atom stereocenters. The van der Waals surface area contributed by atoms with E-state index < -0.39 is 79.1 Å². The van der Waals surface area contributed by atoms with E-state index in [2.05, 4.69) is 26.6 Å². The summed E-state index contributed by atoms with van der Waals surface area (Å²) in [6, 6.07) is 3.25. The van der Waals surface area contributed by atoms with E-state index in [1.807, 2.05) is 20.8 Å². The van der Waals surface area contributed by atoms with Gasteiger partial charge < -0.3 is 31.5 Å². The number of carbonyl (C=O) groups is 7. The minimum Gasteiger partial charge on any atom is -0.344 e. The minimum atomic E-state index is -4.72. The molecule has 16 heteroatoms. The number of likely N-dealkylation sites (N-methyl/N-ethyl adjacent to an activating group) is 1. The Bertz CT molecular complexity index is 1460. The lowest BCUT2D eigenvalue weighted by Gasteiger charge is -2.35. The standard InChI is InChI=1S/C37H53F3N6O7/c1-36(2,3)20-28(48)44-31(24-14-9-6-10-15-24)35(53)46-19-11-16-26(46)33(51)43-25(17-18-37(38,39)40)32(50)34(52)42-22-29(49)45-30(27(47)21-41-4)23-12-7-5-8-13-23/h5,7-8,12-13,24-26,30-31,41H,6,9-11,14-22H2,1-4H3,(H,42,52)(H,43,51)(H,44,48)(H,45,49). The Morgan fingerprint density at radius 1 is 0.830 bits per heavy atom. The molecule has 0 spiro atoms. The van der Waals surface area contributed by atoms with Crippen LogP contribution in [0, 0.1) is 11.3 Å². The second kappa shape index (κ2) is 19.7. The average Bonchev–Trinajstić information content (AvgIpc) is 3.60. The summed E-state index contributed by atoms with van der Waals surface area (Å²) in [6.45, 7) is 4.98. The maximum atomic E-state index is 14.0. The molecule has 0 aromatic heterocycles. The second-order valence-electron chi connectivity index (χ2n) is 15.0. The Hall–Kier alpha value is -4.34. The maximum Gasteiger partial charge on any atom is 0.389 e. The van der Waals surface area contributed by atoms with Crippen molar-refractivity contribution in [3.63, 3.8) is 0 Å². The highest BCUT2D eigenvalue weighted by atomic mass is 19.4. The molecule has 5 N–H and O–H groups in total. The predicted octanol–water partition coefficient (Wildman–Crippen LogP) is 2.64. The fraction of sp³-hybridized carbons (Fsp3) is 0.649. The van der Waals surface area contributed by atoms with Gasteiger partial charge in [-0.05, 0) is 56.0 Å². The number of rotatable bonds is 17. The lowest BCUT2D eigenvalue weighted by atomic mass is 9.82. The van der Waals surface area contributed by atoms with Crippen molar-refractivity contribution < 1.29 is 46.7 Å². The minimum absolute atomic E-state index is 0.0810. The van der Waals surface area contributed by atoms with Gasteiger partial charge in [-0.15, -0.1) is 0 Å². The molecule has 1 saturated carbocycles. The van der Waals surface area contributed by atoms with Gasteiger partial charge in [0.1, 0.15) is 18.1 Å². The largest absolute Gasteiger partial charge is 0.389 e. The number of benzene rings is 1. The summed E-state index contributed by atoms with van der Waals surface area (Å²) in [5.74, 6) is -5.89. The quantitative estimate of drug-likeness (QED) is 0.151. The molecule has 13 nitrogen and oxygen atoms in total. The second-order valence-corrected chi connectivity index (χ2v) is 15.0. The van der Waals surface area contributed by atoms with Gasteiger partial charge in [-0.3, -0.25) is 33.6 Å². The summed E-state index contributed by atoms with van der Waals surface area (Å²) in [7, 11) is 1.55. The van der Waals surface area contributed by atoms with Gasteiger partial charge in [0, 0.05) is 19.4 Å². The Balaban J connectivity index is 1.72. The van der Waals surface area contributed by atoms with Gasteiger partial charge in [-0.25, -0.2) is 0 Å². The molecule has 3 rings (SSSR count). The fourth-order valence-electron chi connectivity index (χ4n) is 6.77. The maximum absolute atomic E-state index is 14.0. The first-order valence-corrected chi connectivity index (χ1v) is 18.2. The molecule has 53 heavy (non-hydrogen) atoms. The number of carbonyl (C=O) groups excluding carboxylic acids is 7. The SMILES string of the molecule is CNCC(=O)C(NC(=O)CNC(=O)C(=O)C(CCC(F)(F)F)NC(=O)C1CCCN1C(=O)C(NC(=O)CC(C)(C)C)C1CCCCC1)c1ccccc1. The molecule has 1 aromatic carbocycles. The van der Waals surface area contributed by atoms with Gasteiger partial charge in [-0.2, -0.15) is 13.2 Å². The average molecular weight is 751 g/mol. The van der Waals surface area contributed by atoms with Crippen LogP contribution >= 0.6 is 0 Å². The zero-order valence-corrected chi connectivity index (χ0v) is 30.9. The molecule has 4 unspecified atom stereocenters.